The highest BCUT2D eigenvalue weighted by atomic mass is 32.2. The summed E-state index contributed by atoms with van der Waals surface area (Å²) in [6.07, 6.45) is 1.22. The molecule has 3 heteroatoms. The summed E-state index contributed by atoms with van der Waals surface area (Å²) in [5, 5.41) is 3.66. The Hall–Kier alpha value is 0.270. The van der Waals surface area contributed by atoms with E-state index >= 15 is 0 Å². The Labute approximate surface area is 107 Å². The molecule has 0 aliphatic heterocycles. The number of nitrogens with zero attached hydrogens (tertiary/aromatic N) is 1. The average Bonchev–Trinajstić information content (AvgIpc) is 2.14. The van der Waals surface area contributed by atoms with Gasteiger partial charge >= 0.3 is 0 Å². The highest BCUT2D eigenvalue weighted by Crippen LogP contribution is 2.22. The van der Waals surface area contributed by atoms with Crippen LogP contribution in [0.4, 0.5) is 0 Å². The van der Waals surface area contributed by atoms with Gasteiger partial charge in [-0.25, -0.2) is 0 Å². The SMILES string of the molecule is CCCNC(CSCCN(C)C)C(C)(C)C. The number of thioether (sulfide) groups is 1. The van der Waals surface area contributed by atoms with Crippen LogP contribution in [0.5, 0.6) is 0 Å². The van der Waals surface area contributed by atoms with Crippen LogP contribution in [0.3, 0.4) is 0 Å². The average molecular weight is 246 g/mol. The van der Waals surface area contributed by atoms with Crippen LogP contribution in [0, 0.1) is 5.41 Å². The van der Waals surface area contributed by atoms with Gasteiger partial charge in [-0.05, 0) is 32.5 Å². The molecular weight excluding hydrogens is 216 g/mol. The zero-order valence-corrected chi connectivity index (χ0v) is 12.8. The fourth-order valence-electron chi connectivity index (χ4n) is 1.38. The molecule has 0 spiro atoms. The number of rotatable bonds is 8. The van der Waals surface area contributed by atoms with Crippen molar-refractivity contribution in [3.63, 3.8) is 0 Å². The molecule has 0 aliphatic carbocycles. The predicted molar refractivity (Wildman–Crippen MR) is 77.4 cm³/mol. The van der Waals surface area contributed by atoms with Crippen LogP contribution in [0.15, 0.2) is 0 Å². The Balaban J connectivity index is 3.84. The van der Waals surface area contributed by atoms with Crippen LogP contribution in [0.2, 0.25) is 0 Å². The standard InChI is InChI=1S/C13H30N2S/c1-7-8-14-12(13(2,3)4)11-16-10-9-15(5)6/h12,14H,7-11H2,1-6H3. The quantitative estimate of drug-likeness (QED) is 0.663. The Bertz CT molecular complexity index is 164. The first-order valence-corrected chi connectivity index (χ1v) is 7.49. The Morgan fingerprint density at radius 2 is 1.88 bits per heavy atom. The minimum Gasteiger partial charge on any atom is -0.313 e. The lowest BCUT2D eigenvalue weighted by molar-refractivity contribution is 0.291. The fourth-order valence-corrected chi connectivity index (χ4v) is 2.90. The molecule has 0 rings (SSSR count). The van der Waals surface area contributed by atoms with Crippen molar-refractivity contribution in [3.05, 3.63) is 0 Å². The molecule has 16 heavy (non-hydrogen) atoms. The van der Waals surface area contributed by atoms with Crippen molar-refractivity contribution in [2.24, 2.45) is 5.41 Å². The molecular formula is C13H30N2S. The lowest BCUT2D eigenvalue weighted by Crippen LogP contribution is -2.42. The van der Waals surface area contributed by atoms with Gasteiger partial charge in [0.2, 0.25) is 0 Å². The molecule has 0 aromatic heterocycles. The largest absolute Gasteiger partial charge is 0.313 e. The third-order valence-corrected chi connectivity index (χ3v) is 3.69. The van der Waals surface area contributed by atoms with Crippen molar-refractivity contribution in [3.8, 4) is 0 Å². The Morgan fingerprint density at radius 3 is 2.31 bits per heavy atom. The summed E-state index contributed by atoms with van der Waals surface area (Å²) in [7, 11) is 4.27. The summed E-state index contributed by atoms with van der Waals surface area (Å²) < 4.78 is 0. The molecule has 0 fully saturated rings. The van der Waals surface area contributed by atoms with Gasteiger partial charge in [0, 0.05) is 24.1 Å². The van der Waals surface area contributed by atoms with E-state index in [1.807, 2.05) is 0 Å². The van der Waals surface area contributed by atoms with Crippen LogP contribution in [0.25, 0.3) is 0 Å². The van der Waals surface area contributed by atoms with Crippen molar-refractivity contribution in [1.29, 1.82) is 0 Å². The first-order chi connectivity index (χ1) is 7.38. The number of hydrogen-bond acceptors (Lipinski definition) is 3. The molecule has 1 N–H and O–H groups in total. The van der Waals surface area contributed by atoms with E-state index in [1.54, 1.807) is 0 Å². The fraction of sp³-hybridized carbons (Fsp3) is 1.00. The third-order valence-electron chi connectivity index (χ3n) is 2.65. The van der Waals surface area contributed by atoms with Gasteiger partial charge < -0.3 is 10.2 Å². The van der Waals surface area contributed by atoms with Crippen molar-refractivity contribution >= 4 is 11.8 Å². The minimum atomic E-state index is 0.361. The second-order valence-corrected chi connectivity index (χ2v) is 6.90. The summed E-state index contributed by atoms with van der Waals surface area (Å²) in [6.45, 7) is 11.5. The second-order valence-electron chi connectivity index (χ2n) is 5.75. The van der Waals surface area contributed by atoms with E-state index in [-0.39, 0.29) is 0 Å². The molecule has 1 atom stereocenters. The maximum absolute atomic E-state index is 3.66. The summed E-state index contributed by atoms with van der Waals surface area (Å²) in [5.74, 6) is 2.45. The lowest BCUT2D eigenvalue weighted by Gasteiger charge is -2.31. The zero-order valence-electron chi connectivity index (χ0n) is 12.0. The summed E-state index contributed by atoms with van der Waals surface area (Å²) >= 11 is 2.06. The highest BCUT2D eigenvalue weighted by Gasteiger charge is 2.23. The molecule has 0 aliphatic rings. The zero-order chi connectivity index (χ0) is 12.6. The van der Waals surface area contributed by atoms with E-state index < -0.39 is 0 Å². The smallest absolute Gasteiger partial charge is 0.0206 e. The van der Waals surface area contributed by atoms with Crippen molar-refractivity contribution in [2.45, 2.75) is 40.2 Å². The predicted octanol–water partition coefficient (Wildman–Crippen LogP) is 2.70. The summed E-state index contributed by atoms with van der Waals surface area (Å²) in [5.41, 5.74) is 0.361. The van der Waals surface area contributed by atoms with Crippen LogP contribution in [0.1, 0.15) is 34.1 Å². The molecule has 2 nitrogen and oxygen atoms in total. The first kappa shape index (κ1) is 16.3. The van der Waals surface area contributed by atoms with E-state index in [0.717, 1.165) is 6.54 Å². The monoisotopic (exact) mass is 246 g/mol. The van der Waals surface area contributed by atoms with Gasteiger partial charge in [0.1, 0.15) is 0 Å². The van der Waals surface area contributed by atoms with Crippen molar-refractivity contribution < 1.29 is 0 Å². The molecule has 98 valence electrons. The van der Waals surface area contributed by atoms with E-state index in [2.05, 4.69) is 63.8 Å². The highest BCUT2D eigenvalue weighted by molar-refractivity contribution is 7.99. The van der Waals surface area contributed by atoms with Crippen LogP contribution < -0.4 is 5.32 Å². The summed E-state index contributed by atoms with van der Waals surface area (Å²) in [6, 6.07) is 0.625. The van der Waals surface area contributed by atoms with Gasteiger partial charge in [-0.2, -0.15) is 11.8 Å². The normalized spacial score (nSPS) is 14.4. The maximum atomic E-state index is 3.66. The second kappa shape index (κ2) is 8.37. The van der Waals surface area contributed by atoms with E-state index in [9.17, 15) is 0 Å². The molecule has 0 aromatic rings. The third kappa shape index (κ3) is 8.43. The van der Waals surface area contributed by atoms with E-state index in [4.69, 9.17) is 0 Å². The molecule has 0 bridgehead atoms. The first-order valence-electron chi connectivity index (χ1n) is 6.33. The maximum Gasteiger partial charge on any atom is 0.0206 e. The number of hydrogen-bond donors (Lipinski definition) is 1. The van der Waals surface area contributed by atoms with Gasteiger partial charge in [0.15, 0.2) is 0 Å². The topological polar surface area (TPSA) is 15.3 Å². The van der Waals surface area contributed by atoms with Gasteiger partial charge in [0.25, 0.3) is 0 Å². The van der Waals surface area contributed by atoms with Crippen LogP contribution in [-0.2, 0) is 0 Å². The molecule has 0 amide bonds. The van der Waals surface area contributed by atoms with Crippen LogP contribution in [-0.4, -0.2) is 49.6 Å². The van der Waals surface area contributed by atoms with Gasteiger partial charge in [0.05, 0.1) is 0 Å². The van der Waals surface area contributed by atoms with Crippen molar-refractivity contribution in [1.82, 2.24) is 10.2 Å². The molecule has 0 radical (unpaired) electrons. The molecule has 0 saturated heterocycles. The number of nitrogens with one attached hydrogen (secondary N) is 1. The van der Waals surface area contributed by atoms with E-state index in [1.165, 1.54) is 24.5 Å². The molecule has 1 unspecified atom stereocenters. The molecule has 0 saturated carbocycles. The van der Waals surface area contributed by atoms with E-state index in [0.29, 0.717) is 11.5 Å². The van der Waals surface area contributed by atoms with Gasteiger partial charge in [-0.15, -0.1) is 0 Å². The Kier molecular flexibility index (Phi) is 8.52. The minimum absolute atomic E-state index is 0.361. The molecule has 0 aromatic carbocycles. The lowest BCUT2D eigenvalue weighted by atomic mass is 9.88. The van der Waals surface area contributed by atoms with Gasteiger partial charge in [-0.1, -0.05) is 27.7 Å². The summed E-state index contributed by atoms with van der Waals surface area (Å²) in [4.78, 5) is 2.25. The van der Waals surface area contributed by atoms with Gasteiger partial charge in [-0.3, -0.25) is 0 Å². The van der Waals surface area contributed by atoms with Crippen molar-refractivity contribution in [2.75, 3.05) is 38.7 Å². The Morgan fingerprint density at radius 1 is 1.25 bits per heavy atom. The molecule has 0 heterocycles. The van der Waals surface area contributed by atoms with Crippen LogP contribution >= 0.6 is 11.8 Å².